The van der Waals surface area contributed by atoms with Gasteiger partial charge in [-0.1, -0.05) is 68.3 Å². The molecule has 0 bridgehead atoms. The van der Waals surface area contributed by atoms with Crippen molar-refractivity contribution < 1.29 is 24.2 Å². The normalized spacial score (nSPS) is 15.0. The monoisotopic (exact) mass is 537 g/mol. The van der Waals surface area contributed by atoms with Crippen LogP contribution in [0.3, 0.4) is 0 Å². The molecule has 3 rings (SSSR count). The number of carbonyl (C=O) groups is 3. The molecule has 8 nitrogen and oxygen atoms in total. The predicted octanol–water partition coefficient (Wildman–Crippen LogP) is 5.26. The molecule has 212 valence electrons. The molecule has 0 saturated heterocycles. The van der Waals surface area contributed by atoms with E-state index in [0.717, 1.165) is 44.1 Å². The molecular formula is C31H43N3O5. The summed E-state index contributed by atoms with van der Waals surface area (Å²) >= 11 is 0. The highest BCUT2D eigenvalue weighted by Gasteiger charge is 2.42. The van der Waals surface area contributed by atoms with E-state index in [-0.39, 0.29) is 30.0 Å². The quantitative estimate of drug-likeness (QED) is 0.320. The number of nitrogens with zero attached hydrogens (tertiary/aromatic N) is 1. The fourth-order valence-corrected chi connectivity index (χ4v) is 4.68. The molecule has 0 radical (unpaired) electrons. The Labute approximate surface area is 232 Å². The van der Waals surface area contributed by atoms with E-state index in [9.17, 15) is 19.5 Å². The third-order valence-corrected chi connectivity index (χ3v) is 6.83. The number of alkyl carbamates (subject to hydrolysis) is 1. The molecule has 1 saturated carbocycles. The minimum absolute atomic E-state index is 0.0527. The highest BCUT2D eigenvalue weighted by molar-refractivity contribution is 5.93. The van der Waals surface area contributed by atoms with Crippen LogP contribution in [0.5, 0.6) is 5.75 Å². The second kappa shape index (κ2) is 14.0. The number of hydrogen-bond acceptors (Lipinski definition) is 5. The van der Waals surface area contributed by atoms with Crippen molar-refractivity contribution in [3.63, 3.8) is 0 Å². The Morgan fingerprint density at radius 3 is 2.28 bits per heavy atom. The van der Waals surface area contributed by atoms with Gasteiger partial charge < -0.3 is 25.4 Å². The summed E-state index contributed by atoms with van der Waals surface area (Å²) in [5.41, 5.74) is 0.486. The van der Waals surface area contributed by atoms with Crippen LogP contribution in [-0.2, 0) is 20.7 Å². The van der Waals surface area contributed by atoms with Gasteiger partial charge in [0.1, 0.15) is 23.4 Å². The number of nitrogens with one attached hydrogen (secondary N) is 2. The van der Waals surface area contributed by atoms with Gasteiger partial charge in [0.05, 0.1) is 0 Å². The van der Waals surface area contributed by atoms with Crippen molar-refractivity contribution in [3.8, 4) is 5.75 Å². The average molecular weight is 538 g/mol. The van der Waals surface area contributed by atoms with Gasteiger partial charge in [0, 0.05) is 24.6 Å². The minimum Gasteiger partial charge on any atom is -0.508 e. The molecule has 1 fully saturated rings. The van der Waals surface area contributed by atoms with Crippen molar-refractivity contribution in [2.45, 2.75) is 96.4 Å². The van der Waals surface area contributed by atoms with Gasteiger partial charge in [0.2, 0.25) is 11.8 Å². The number of aromatic hydroxyl groups is 1. The molecule has 1 aliphatic carbocycles. The van der Waals surface area contributed by atoms with Crippen LogP contribution in [0.2, 0.25) is 0 Å². The maximum atomic E-state index is 14.4. The molecule has 0 aromatic heterocycles. The van der Waals surface area contributed by atoms with E-state index in [0.29, 0.717) is 12.1 Å². The number of para-hydroxylation sites is 1. The van der Waals surface area contributed by atoms with Crippen molar-refractivity contribution in [1.29, 1.82) is 0 Å². The van der Waals surface area contributed by atoms with Gasteiger partial charge in [-0.2, -0.15) is 0 Å². The van der Waals surface area contributed by atoms with E-state index in [1.807, 2.05) is 30.3 Å². The van der Waals surface area contributed by atoms with Gasteiger partial charge in [0.15, 0.2) is 0 Å². The van der Waals surface area contributed by atoms with E-state index in [1.54, 1.807) is 43.9 Å². The van der Waals surface area contributed by atoms with Gasteiger partial charge in [-0.15, -0.1) is 0 Å². The zero-order valence-corrected chi connectivity index (χ0v) is 23.6. The van der Waals surface area contributed by atoms with Gasteiger partial charge in [-0.05, 0) is 58.1 Å². The Hall–Kier alpha value is -3.55. The maximum Gasteiger partial charge on any atom is 0.408 e. The molecule has 1 aliphatic rings. The molecule has 0 spiro atoms. The second-order valence-electron chi connectivity index (χ2n) is 11.2. The van der Waals surface area contributed by atoms with Gasteiger partial charge >= 0.3 is 6.09 Å². The summed E-state index contributed by atoms with van der Waals surface area (Å²) in [6, 6.07) is 13.9. The number of hydrogen-bond donors (Lipinski definition) is 3. The van der Waals surface area contributed by atoms with E-state index in [4.69, 9.17) is 4.74 Å². The molecule has 39 heavy (non-hydrogen) atoms. The summed E-state index contributed by atoms with van der Waals surface area (Å²) in [4.78, 5) is 42.5. The number of ether oxygens (including phenoxy) is 1. The summed E-state index contributed by atoms with van der Waals surface area (Å²) < 4.78 is 5.48. The number of amides is 3. The number of benzene rings is 2. The Kier molecular flexibility index (Phi) is 10.8. The van der Waals surface area contributed by atoms with Crippen LogP contribution < -0.4 is 10.6 Å². The van der Waals surface area contributed by atoms with Gasteiger partial charge in [-0.25, -0.2) is 4.79 Å². The van der Waals surface area contributed by atoms with Crippen molar-refractivity contribution in [2.24, 2.45) is 0 Å². The first-order valence-electron chi connectivity index (χ1n) is 14.0. The fourth-order valence-electron chi connectivity index (χ4n) is 4.68. The van der Waals surface area contributed by atoms with Crippen LogP contribution >= 0.6 is 0 Å². The summed E-state index contributed by atoms with van der Waals surface area (Å²) in [5.74, 6) is -0.780. The molecular weight excluding hydrogens is 494 g/mol. The number of rotatable bonds is 12. The number of carbonyl (C=O) groups excluding carboxylic acids is 3. The molecule has 0 aliphatic heterocycles. The van der Waals surface area contributed by atoms with E-state index in [2.05, 4.69) is 17.6 Å². The molecule has 3 N–H and O–H groups in total. The predicted molar refractivity (Wildman–Crippen MR) is 151 cm³/mol. The maximum absolute atomic E-state index is 14.4. The molecule has 3 amide bonds. The van der Waals surface area contributed by atoms with Crippen LogP contribution in [0.15, 0.2) is 54.6 Å². The SMILES string of the molecule is CCCCCNC(=O)C(c1ccccc1O)N(C(=O)C(Cc1ccccc1)NC(=O)OC(C)(C)C)C1CCC1. The third-order valence-electron chi connectivity index (χ3n) is 6.83. The van der Waals surface area contributed by atoms with Gasteiger partial charge in [0.25, 0.3) is 0 Å². The lowest BCUT2D eigenvalue weighted by atomic mass is 9.87. The highest BCUT2D eigenvalue weighted by Crippen LogP contribution is 2.36. The first-order chi connectivity index (χ1) is 18.6. The standard InChI is InChI=1S/C31H43N3O5/c1-5-6-12-20-32-28(36)27(24-18-10-11-19-26(24)35)34(23-16-13-17-23)29(37)25(21-22-14-8-7-9-15-22)33-30(38)39-31(2,3)4/h7-11,14-15,18-19,23,25,27,35H,5-6,12-13,16-17,20-21H2,1-4H3,(H,32,36)(H,33,38). The molecule has 2 aromatic rings. The summed E-state index contributed by atoms with van der Waals surface area (Å²) in [5, 5.41) is 16.5. The van der Waals surface area contributed by atoms with Crippen molar-refractivity contribution in [3.05, 3.63) is 65.7 Å². The molecule has 2 unspecified atom stereocenters. The lowest BCUT2D eigenvalue weighted by Gasteiger charge is -2.43. The first-order valence-corrected chi connectivity index (χ1v) is 14.0. The fraction of sp³-hybridized carbons (Fsp3) is 0.516. The number of unbranched alkanes of at least 4 members (excludes halogenated alkanes) is 2. The smallest absolute Gasteiger partial charge is 0.408 e. The molecule has 2 aromatic carbocycles. The summed E-state index contributed by atoms with van der Waals surface area (Å²) in [6.07, 6.45) is 4.76. The van der Waals surface area contributed by atoms with Crippen molar-refractivity contribution >= 4 is 17.9 Å². The van der Waals surface area contributed by atoms with E-state index in [1.165, 1.54) is 6.07 Å². The Bertz CT molecular complexity index is 1090. The zero-order valence-electron chi connectivity index (χ0n) is 23.6. The van der Waals surface area contributed by atoms with Crippen LogP contribution in [0, 0.1) is 0 Å². The van der Waals surface area contributed by atoms with E-state index >= 15 is 0 Å². The lowest BCUT2D eigenvalue weighted by Crippen LogP contribution is -2.58. The molecule has 2 atom stereocenters. The number of phenolic OH excluding ortho intramolecular Hbond substituents is 1. The van der Waals surface area contributed by atoms with Crippen LogP contribution in [0.1, 0.15) is 83.4 Å². The first kappa shape index (κ1) is 30.0. The van der Waals surface area contributed by atoms with Crippen molar-refractivity contribution in [2.75, 3.05) is 6.54 Å². The highest BCUT2D eigenvalue weighted by atomic mass is 16.6. The Morgan fingerprint density at radius 2 is 1.69 bits per heavy atom. The Morgan fingerprint density at radius 1 is 1.03 bits per heavy atom. The number of phenols is 1. The third kappa shape index (κ3) is 8.73. The molecule has 0 heterocycles. The summed E-state index contributed by atoms with van der Waals surface area (Å²) in [6.45, 7) is 7.86. The van der Waals surface area contributed by atoms with Crippen molar-refractivity contribution in [1.82, 2.24) is 15.5 Å². The molecule has 8 heteroatoms. The Balaban J connectivity index is 1.99. The largest absolute Gasteiger partial charge is 0.508 e. The zero-order chi connectivity index (χ0) is 28.4. The lowest BCUT2D eigenvalue weighted by molar-refractivity contribution is -0.147. The van der Waals surface area contributed by atoms with Crippen LogP contribution in [0.4, 0.5) is 4.79 Å². The summed E-state index contributed by atoms with van der Waals surface area (Å²) in [7, 11) is 0. The van der Waals surface area contributed by atoms with E-state index < -0.39 is 23.8 Å². The van der Waals surface area contributed by atoms with Crippen LogP contribution in [0.25, 0.3) is 0 Å². The average Bonchev–Trinajstić information content (AvgIpc) is 2.85. The topological polar surface area (TPSA) is 108 Å². The van der Waals surface area contributed by atoms with Crippen LogP contribution in [-0.4, -0.2) is 52.1 Å². The minimum atomic E-state index is -1.04. The van der Waals surface area contributed by atoms with Gasteiger partial charge in [-0.3, -0.25) is 9.59 Å². The second-order valence-corrected chi connectivity index (χ2v) is 11.2.